The van der Waals surface area contributed by atoms with Crippen molar-refractivity contribution in [2.24, 2.45) is 0 Å². The SMILES string of the molecule is O=C(CCn1c2c(c(=O)[nH]c1=O)CSCC2)NCC(=O)N1CCN(c2ccc(C(F)(F)F)cn2)CC1. The monoisotopic (exact) mass is 526 g/mol. The van der Waals surface area contributed by atoms with E-state index in [1.54, 1.807) is 21.6 Å². The van der Waals surface area contributed by atoms with Gasteiger partial charge in [-0.2, -0.15) is 24.9 Å². The third kappa shape index (κ3) is 5.91. The van der Waals surface area contributed by atoms with Crippen LogP contribution in [-0.4, -0.2) is 69.7 Å². The van der Waals surface area contributed by atoms with Crippen LogP contribution < -0.4 is 21.5 Å². The van der Waals surface area contributed by atoms with Crippen LogP contribution in [0.3, 0.4) is 0 Å². The minimum Gasteiger partial charge on any atom is -0.353 e. The minimum atomic E-state index is -4.45. The average molecular weight is 527 g/mol. The molecule has 2 aromatic rings. The molecular weight excluding hydrogens is 501 g/mol. The fourth-order valence-electron chi connectivity index (χ4n) is 4.18. The number of thioether (sulfide) groups is 1. The number of aromatic nitrogens is 3. The molecule has 10 nitrogen and oxygen atoms in total. The van der Waals surface area contributed by atoms with Gasteiger partial charge in [0.15, 0.2) is 0 Å². The van der Waals surface area contributed by atoms with Crippen molar-refractivity contribution < 1.29 is 22.8 Å². The molecule has 0 aromatic carbocycles. The zero-order chi connectivity index (χ0) is 25.9. The highest BCUT2D eigenvalue weighted by Gasteiger charge is 2.31. The summed E-state index contributed by atoms with van der Waals surface area (Å²) in [5.41, 5.74) is -0.531. The predicted molar refractivity (Wildman–Crippen MR) is 127 cm³/mol. The number of hydrogen-bond acceptors (Lipinski definition) is 7. The van der Waals surface area contributed by atoms with Gasteiger partial charge in [-0.15, -0.1) is 0 Å². The number of amides is 2. The van der Waals surface area contributed by atoms with Crippen LogP contribution >= 0.6 is 11.8 Å². The van der Waals surface area contributed by atoms with E-state index in [-0.39, 0.29) is 31.0 Å². The lowest BCUT2D eigenvalue weighted by Gasteiger charge is -2.35. The predicted octanol–water partition coefficient (Wildman–Crippen LogP) is 0.595. The van der Waals surface area contributed by atoms with Gasteiger partial charge in [-0.25, -0.2) is 9.78 Å². The van der Waals surface area contributed by atoms with Crippen LogP contribution in [0, 0.1) is 0 Å². The number of nitrogens with one attached hydrogen (secondary N) is 2. The summed E-state index contributed by atoms with van der Waals surface area (Å²) in [5, 5.41) is 2.57. The van der Waals surface area contributed by atoms with Crippen molar-refractivity contribution in [2.45, 2.75) is 31.3 Å². The molecule has 194 valence electrons. The van der Waals surface area contributed by atoms with Crippen LogP contribution in [0.5, 0.6) is 0 Å². The molecule has 4 rings (SSSR count). The standard InChI is InChI=1S/C22H25F3N6O4S/c23-22(24,25)14-1-2-17(26-11-14)29-6-8-30(9-7-29)19(33)12-27-18(32)3-5-31-16-4-10-36-13-15(16)20(34)28-21(31)35/h1-2,11H,3-10,12-13H2,(H,27,32)(H,28,34,35). The van der Waals surface area contributed by atoms with Gasteiger partial charge in [0, 0.05) is 62.4 Å². The molecule has 4 heterocycles. The maximum absolute atomic E-state index is 12.7. The van der Waals surface area contributed by atoms with E-state index in [1.807, 2.05) is 0 Å². The minimum absolute atomic E-state index is 0.0216. The number of aromatic amines is 1. The zero-order valence-electron chi connectivity index (χ0n) is 19.3. The van der Waals surface area contributed by atoms with Crippen molar-refractivity contribution >= 4 is 29.4 Å². The summed E-state index contributed by atoms with van der Waals surface area (Å²) >= 11 is 1.61. The van der Waals surface area contributed by atoms with Crippen LogP contribution in [0.4, 0.5) is 19.0 Å². The molecular formula is C22H25F3N6O4S. The molecule has 0 unspecified atom stereocenters. The molecule has 2 aliphatic heterocycles. The van der Waals surface area contributed by atoms with E-state index in [2.05, 4.69) is 15.3 Å². The molecule has 0 radical (unpaired) electrons. The lowest BCUT2D eigenvalue weighted by Crippen LogP contribution is -2.51. The number of pyridine rings is 1. The number of alkyl halides is 3. The lowest BCUT2D eigenvalue weighted by molar-refractivity contribution is -0.137. The van der Waals surface area contributed by atoms with Crippen molar-refractivity contribution in [3.8, 4) is 0 Å². The van der Waals surface area contributed by atoms with Crippen LogP contribution in [0.2, 0.25) is 0 Å². The number of H-pyrrole nitrogens is 1. The molecule has 1 saturated heterocycles. The van der Waals surface area contributed by atoms with Crippen molar-refractivity contribution in [1.82, 2.24) is 24.8 Å². The van der Waals surface area contributed by atoms with Gasteiger partial charge >= 0.3 is 11.9 Å². The summed E-state index contributed by atoms with van der Waals surface area (Å²) in [6.07, 6.45) is -3.10. The summed E-state index contributed by atoms with van der Waals surface area (Å²) < 4.78 is 39.6. The first-order chi connectivity index (χ1) is 17.1. The first-order valence-corrected chi connectivity index (χ1v) is 12.5. The van der Waals surface area contributed by atoms with E-state index in [4.69, 9.17) is 0 Å². The number of rotatable bonds is 6. The highest BCUT2D eigenvalue weighted by atomic mass is 32.2. The second-order valence-electron chi connectivity index (χ2n) is 8.44. The van der Waals surface area contributed by atoms with Crippen molar-refractivity contribution in [3.05, 3.63) is 56.0 Å². The first-order valence-electron chi connectivity index (χ1n) is 11.4. The molecule has 0 aliphatic carbocycles. The molecule has 0 spiro atoms. The van der Waals surface area contributed by atoms with Gasteiger partial charge in [-0.3, -0.25) is 23.9 Å². The second-order valence-corrected chi connectivity index (χ2v) is 9.54. The second kappa shape index (κ2) is 10.8. The van der Waals surface area contributed by atoms with Crippen LogP contribution in [0.1, 0.15) is 23.2 Å². The van der Waals surface area contributed by atoms with Crippen molar-refractivity contribution in [3.63, 3.8) is 0 Å². The van der Waals surface area contributed by atoms with E-state index >= 15 is 0 Å². The number of carbonyl (C=O) groups is 2. The van der Waals surface area contributed by atoms with Gasteiger partial charge in [0.1, 0.15) is 5.82 Å². The van der Waals surface area contributed by atoms with E-state index in [0.717, 1.165) is 18.0 Å². The molecule has 0 saturated carbocycles. The van der Waals surface area contributed by atoms with Gasteiger partial charge in [-0.1, -0.05) is 0 Å². The summed E-state index contributed by atoms with van der Waals surface area (Å²) in [7, 11) is 0. The quantitative estimate of drug-likeness (QED) is 0.566. The van der Waals surface area contributed by atoms with Gasteiger partial charge in [0.05, 0.1) is 12.1 Å². The molecule has 36 heavy (non-hydrogen) atoms. The number of fused-ring (bicyclic) bond motifs is 1. The van der Waals surface area contributed by atoms with Crippen molar-refractivity contribution in [1.29, 1.82) is 0 Å². The number of nitrogens with zero attached hydrogens (tertiary/aromatic N) is 4. The van der Waals surface area contributed by atoms with Gasteiger partial charge in [0.25, 0.3) is 5.56 Å². The summed E-state index contributed by atoms with van der Waals surface area (Å²) in [4.78, 5) is 58.6. The fourth-order valence-corrected chi connectivity index (χ4v) is 5.17. The van der Waals surface area contributed by atoms with Crippen LogP contribution in [0.15, 0.2) is 27.9 Å². The Bertz CT molecular complexity index is 1240. The Kier molecular flexibility index (Phi) is 7.71. The van der Waals surface area contributed by atoms with E-state index < -0.39 is 23.3 Å². The Morgan fingerprint density at radius 2 is 1.89 bits per heavy atom. The highest BCUT2D eigenvalue weighted by molar-refractivity contribution is 7.98. The summed E-state index contributed by atoms with van der Waals surface area (Å²) in [6, 6.07) is 2.29. The Morgan fingerprint density at radius 3 is 2.56 bits per heavy atom. The van der Waals surface area contributed by atoms with Gasteiger partial charge in [-0.05, 0) is 24.3 Å². The molecule has 2 amide bonds. The zero-order valence-corrected chi connectivity index (χ0v) is 20.1. The normalized spacial score (nSPS) is 16.0. The average Bonchev–Trinajstić information content (AvgIpc) is 2.87. The Morgan fingerprint density at radius 1 is 1.14 bits per heavy atom. The third-order valence-electron chi connectivity index (χ3n) is 6.17. The van der Waals surface area contributed by atoms with Crippen molar-refractivity contribution in [2.75, 3.05) is 43.4 Å². The Hall–Kier alpha value is -3.29. The number of halogens is 3. The van der Waals surface area contributed by atoms with Gasteiger partial charge in [0.2, 0.25) is 11.8 Å². The van der Waals surface area contributed by atoms with E-state index in [1.165, 1.54) is 10.6 Å². The number of anilines is 1. The van der Waals surface area contributed by atoms with Gasteiger partial charge < -0.3 is 15.1 Å². The number of hydrogen-bond donors (Lipinski definition) is 2. The third-order valence-corrected chi connectivity index (χ3v) is 7.16. The molecule has 1 fully saturated rings. The fraction of sp³-hybridized carbons (Fsp3) is 0.500. The number of piperazine rings is 1. The van der Waals surface area contributed by atoms with Crippen LogP contribution in [-0.2, 0) is 34.5 Å². The molecule has 2 aromatic heterocycles. The Labute approximate surface area is 207 Å². The maximum atomic E-state index is 12.7. The Balaban J connectivity index is 1.24. The molecule has 0 atom stereocenters. The lowest BCUT2D eigenvalue weighted by atomic mass is 10.2. The molecule has 2 aliphatic rings. The summed E-state index contributed by atoms with van der Waals surface area (Å²) in [5.74, 6) is 1.04. The van der Waals surface area contributed by atoms with E-state index in [0.29, 0.717) is 55.4 Å². The molecule has 14 heteroatoms. The van der Waals surface area contributed by atoms with Crippen LogP contribution in [0.25, 0.3) is 0 Å². The molecule has 0 bridgehead atoms. The first kappa shape index (κ1) is 25.8. The summed E-state index contributed by atoms with van der Waals surface area (Å²) in [6.45, 7) is 1.38. The number of carbonyl (C=O) groups excluding carboxylic acids is 2. The largest absolute Gasteiger partial charge is 0.417 e. The highest BCUT2D eigenvalue weighted by Crippen LogP contribution is 2.29. The molecule has 2 N–H and O–H groups in total. The topological polar surface area (TPSA) is 120 Å². The maximum Gasteiger partial charge on any atom is 0.417 e. The smallest absolute Gasteiger partial charge is 0.353 e. The van der Waals surface area contributed by atoms with E-state index in [9.17, 15) is 32.3 Å².